The number of hydrogen-bond donors (Lipinski definition) is 0. The zero-order valence-electron chi connectivity index (χ0n) is 14.9. The van der Waals surface area contributed by atoms with Gasteiger partial charge < -0.3 is 4.74 Å². The Morgan fingerprint density at radius 2 is 1.23 bits per heavy atom. The smallest absolute Gasteiger partial charge is 0.0644 e. The molecule has 1 heteroatoms. The summed E-state index contributed by atoms with van der Waals surface area (Å²) in [5.41, 5.74) is 0. The molecular formula is C21H38O. The predicted molar refractivity (Wildman–Crippen MR) is 96.1 cm³/mol. The maximum absolute atomic E-state index is 5.62. The molecule has 128 valence electrons. The molecule has 22 heavy (non-hydrogen) atoms. The van der Waals surface area contributed by atoms with Crippen LogP contribution in [0.15, 0.2) is 12.7 Å². The van der Waals surface area contributed by atoms with Gasteiger partial charge in [0.2, 0.25) is 0 Å². The lowest BCUT2D eigenvalue weighted by molar-refractivity contribution is 0.0936. The van der Waals surface area contributed by atoms with E-state index in [1.807, 2.05) is 6.08 Å². The maximum Gasteiger partial charge on any atom is 0.0644 e. The van der Waals surface area contributed by atoms with E-state index >= 15 is 0 Å². The second-order valence-corrected chi connectivity index (χ2v) is 7.97. The van der Waals surface area contributed by atoms with Crippen molar-refractivity contribution in [3.63, 3.8) is 0 Å². The third-order valence-electron chi connectivity index (χ3n) is 6.20. The summed E-state index contributed by atoms with van der Waals surface area (Å²) in [6.07, 6.45) is 19.5. The minimum atomic E-state index is 0.723. The fraction of sp³-hybridized carbons (Fsp3) is 0.905. The van der Waals surface area contributed by atoms with Crippen molar-refractivity contribution in [2.75, 3.05) is 13.2 Å². The van der Waals surface area contributed by atoms with Crippen LogP contribution in [0.1, 0.15) is 84.0 Å². The van der Waals surface area contributed by atoms with Gasteiger partial charge in [0.25, 0.3) is 0 Å². The van der Waals surface area contributed by atoms with Crippen molar-refractivity contribution in [3.05, 3.63) is 12.7 Å². The number of ether oxygens (including phenoxy) is 1. The summed E-state index contributed by atoms with van der Waals surface area (Å²) in [7, 11) is 0. The van der Waals surface area contributed by atoms with E-state index in [1.165, 1.54) is 77.0 Å². The Morgan fingerprint density at radius 3 is 1.68 bits per heavy atom. The molecule has 0 amide bonds. The van der Waals surface area contributed by atoms with Crippen molar-refractivity contribution in [1.29, 1.82) is 0 Å². The highest BCUT2D eigenvalue weighted by Crippen LogP contribution is 2.37. The van der Waals surface area contributed by atoms with Gasteiger partial charge in [-0.3, -0.25) is 0 Å². The first-order valence-electron chi connectivity index (χ1n) is 10.00. The van der Waals surface area contributed by atoms with Gasteiger partial charge in [-0.1, -0.05) is 77.2 Å². The van der Waals surface area contributed by atoms with Gasteiger partial charge >= 0.3 is 0 Å². The minimum Gasteiger partial charge on any atom is -0.377 e. The van der Waals surface area contributed by atoms with E-state index in [-0.39, 0.29) is 0 Å². The van der Waals surface area contributed by atoms with Crippen molar-refractivity contribution in [3.8, 4) is 0 Å². The molecule has 0 aliphatic heterocycles. The first-order valence-corrected chi connectivity index (χ1v) is 10.00. The Bertz CT molecular complexity index is 282. The summed E-state index contributed by atoms with van der Waals surface area (Å²) < 4.78 is 5.62. The van der Waals surface area contributed by atoms with E-state index in [1.54, 1.807) is 0 Å². The van der Waals surface area contributed by atoms with E-state index in [0.29, 0.717) is 0 Å². The zero-order chi connectivity index (χ0) is 15.6. The lowest BCUT2D eigenvalue weighted by atomic mass is 9.75. The molecule has 0 spiro atoms. The van der Waals surface area contributed by atoms with Crippen LogP contribution in [0.25, 0.3) is 0 Å². The molecule has 2 saturated carbocycles. The standard InChI is InChI=1S/C21H38O/c1-3-5-18-6-8-19(9-7-18)10-11-20-12-14-21(15-13-20)17-22-16-4-2/h4,18-21H,2-3,5-17H2,1H3/t18-,19-,20?,21?. The Hall–Kier alpha value is -0.300. The Balaban J connectivity index is 1.53. The number of rotatable bonds is 9. The van der Waals surface area contributed by atoms with Crippen LogP contribution in [0.2, 0.25) is 0 Å². The molecule has 0 unspecified atom stereocenters. The molecule has 0 aromatic heterocycles. The van der Waals surface area contributed by atoms with Crippen molar-refractivity contribution >= 4 is 0 Å². The van der Waals surface area contributed by atoms with Crippen molar-refractivity contribution in [1.82, 2.24) is 0 Å². The average molecular weight is 307 g/mol. The molecule has 1 nitrogen and oxygen atoms in total. The van der Waals surface area contributed by atoms with Gasteiger partial charge in [-0.2, -0.15) is 0 Å². The third-order valence-corrected chi connectivity index (χ3v) is 6.20. The molecule has 0 aromatic rings. The van der Waals surface area contributed by atoms with Gasteiger partial charge in [0.1, 0.15) is 0 Å². The molecule has 0 bridgehead atoms. The highest BCUT2D eigenvalue weighted by atomic mass is 16.5. The summed E-state index contributed by atoms with van der Waals surface area (Å²) in [6.45, 7) is 7.73. The van der Waals surface area contributed by atoms with Crippen LogP contribution in [0.5, 0.6) is 0 Å². The van der Waals surface area contributed by atoms with Gasteiger partial charge in [0, 0.05) is 6.61 Å². The third kappa shape index (κ3) is 6.44. The van der Waals surface area contributed by atoms with Crippen LogP contribution in [-0.4, -0.2) is 13.2 Å². The zero-order valence-corrected chi connectivity index (χ0v) is 14.9. The van der Waals surface area contributed by atoms with E-state index in [2.05, 4.69) is 13.5 Å². The Kier molecular flexibility index (Phi) is 8.59. The Labute approximate surface area is 138 Å². The lowest BCUT2D eigenvalue weighted by Crippen LogP contribution is -2.20. The second kappa shape index (κ2) is 10.5. The van der Waals surface area contributed by atoms with Gasteiger partial charge in [0.15, 0.2) is 0 Å². The largest absolute Gasteiger partial charge is 0.377 e. The Morgan fingerprint density at radius 1 is 0.773 bits per heavy atom. The van der Waals surface area contributed by atoms with Crippen LogP contribution in [0.4, 0.5) is 0 Å². The van der Waals surface area contributed by atoms with Crippen LogP contribution >= 0.6 is 0 Å². The van der Waals surface area contributed by atoms with Gasteiger partial charge in [0.05, 0.1) is 6.61 Å². The molecule has 2 aliphatic rings. The highest BCUT2D eigenvalue weighted by molar-refractivity contribution is 4.77. The second-order valence-electron chi connectivity index (χ2n) is 7.97. The SMILES string of the molecule is C=CCOCC1CCC(CC[C@H]2CC[C@H](CCC)CC2)CC1. The molecule has 0 atom stereocenters. The lowest BCUT2D eigenvalue weighted by Gasteiger charge is -2.32. The molecule has 0 heterocycles. The molecule has 0 aromatic carbocycles. The van der Waals surface area contributed by atoms with Crippen LogP contribution in [0, 0.1) is 23.7 Å². The summed E-state index contributed by atoms with van der Waals surface area (Å²) >= 11 is 0. The molecular weight excluding hydrogens is 268 g/mol. The minimum absolute atomic E-state index is 0.723. The monoisotopic (exact) mass is 306 g/mol. The first-order chi connectivity index (χ1) is 10.8. The first kappa shape index (κ1) is 18.0. The molecule has 2 fully saturated rings. The topological polar surface area (TPSA) is 9.23 Å². The van der Waals surface area contributed by atoms with Gasteiger partial charge in [-0.25, -0.2) is 0 Å². The van der Waals surface area contributed by atoms with E-state index in [4.69, 9.17) is 4.74 Å². The molecule has 0 saturated heterocycles. The summed E-state index contributed by atoms with van der Waals surface area (Å²) in [6, 6.07) is 0. The van der Waals surface area contributed by atoms with Crippen LogP contribution in [0.3, 0.4) is 0 Å². The normalized spacial score (nSPS) is 32.8. The van der Waals surface area contributed by atoms with E-state index < -0.39 is 0 Å². The molecule has 2 aliphatic carbocycles. The van der Waals surface area contributed by atoms with Gasteiger partial charge in [-0.15, -0.1) is 6.58 Å². The van der Waals surface area contributed by atoms with E-state index in [9.17, 15) is 0 Å². The highest BCUT2D eigenvalue weighted by Gasteiger charge is 2.24. The molecule has 0 N–H and O–H groups in total. The number of hydrogen-bond acceptors (Lipinski definition) is 1. The summed E-state index contributed by atoms with van der Waals surface area (Å²) in [5, 5.41) is 0. The fourth-order valence-corrected chi connectivity index (χ4v) is 4.69. The fourth-order valence-electron chi connectivity index (χ4n) is 4.69. The van der Waals surface area contributed by atoms with Crippen LogP contribution in [-0.2, 0) is 4.74 Å². The quantitative estimate of drug-likeness (QED) is 0.354. The summed E-state index contributed by atoms with van der Waals surface area (Å²) in [5.74, 6) is 3.96. The van der Waals surface area contributed by atoms with Crippen molar-refractivity contribution < 1.29 is 4.74 Å². The van der Waals surface area contributed by atoms with Crippen molar-refractivity contribution in [2.45, 2.75) is 84.0 Å². The van der Waals surface area contributed by atoms with Crippen molar-refractivity contribution in [2.24, 2.45) is 23.7 Å². The summed E-state index contributed by atoms with van der Waals surface area (Å²) in [4.78, 5) is 0. The molecule has 2 rings (SSSR count). The van der Waals surface area contributed by atoms with Crippen LogP contribution < -0.4 is 0 Å². The molecule has 0 radical (unpaired) electrons. The van der Waals surface area contributed by atoms with E-state index in [0.717, 1.165) is 36.9 Å². The maximum atomic E-state index is 5.62. The predicted octanol–water partition coefficient (Wildman–Crippen LogP) is 6.38. The average Bonchev–Trinajstić information content (AvgIpc) is 2.56. The van der Waals surface area contributed by atoms with Gasteiger partial charge in [-0.05, 0) is 36.5 Å².